The minimum atomic E-state index is -0.364. The van der Waals surface area contributed by atoms with Crippen molar-refractivity contribution in [1.29, 1.82) is 0 Å². The second-order valence-electron chi connectivity index (χ2n) is 5.12. The van der Waals surface area contributed by atoms with Crippen LogP contribution in [0.15, 0.2) is 28.9 Å². The molecule has 0 aromatic carbocycles. The first-order chi connectivity index (χ1) is 11.2. The van der Waals surface area contributed by atoms with Crippen molar-refractivity contribution in [2.24, 2.45) is 0 Å². The quantitative estimate of drug-likeness (QED) is 0.670. The number of thiophene rings is 1. The number of fused-ring (bicyclic) bond motifs is 1. The lowest BCUT2D eigenvalue weighted by molar-refractivity contribution is -0.111. The maximum absolute atomic E-state index is 12.2. The lowest BCUT2D eigenvalue weighted by atomic mass is 10.1. The Morgan fingerprint density at radius 2 is 2.30 bits per heavy atom. The fourth-order valence-electron chi connectivity index (χ4n) is 2.61. The van der Waals surface area contributed by atoms with E-state index in [0.29, 0.717) is 22.9 Å². The van der Waals surface area contributed by atoms with E-state index in [1.54, 1.807) is 31.4 Å². The smallest absolute Gasteiger partial charge is 0.341 e. The lowest BCUT2D eigenvalue weighted by Gasteiger charge is -2.06. The van der Waals surface area contributed by atoms with Crippen LogP contribution in [0.3, 0.4) is 0 Å². The third-order valence-electron chi connectivity index (χ3n) is 3.58. The molecular weight excluding hydrogens is 314 g/mol. The minimum absolute atomic E-state index is 0.299. The van der Waals surface area contributed by atoms with Crippen molar-refractivity contribution in [2.45, 2.75) is 26.2 Å². The molecule has 2 aromatic heterocycles. The van der Waals surface area contributed by atoms with Crippen molar-refractivity contribution in [3.8, 4) is 0 Å². The minimum Gasteiger partial charge on any atom is -0.465 e. The summed E-state index contributed by atoms with van der Waals surface area (Å²) in [6.45, 7) is 2.09. The highest BCUT2D eigenvalue weighted by Gasteiger charge is 2.27. The van der Waals surface area contributed by atoms with Gasteiger partial charge in [-0.1, -0.05) is 0 Å². The molecule has 0 unspecified atom stereocenters. The Morgan fingerprint density at radius 1 is 1.43 bits per heavy atom. The van der Waals surface area contributed by atoms with Crippen molar-refractivity contribution >= 4 is 34.3 Å². The van der Waals surface area contributed by atoms with Gasteiger partial charge in [0.05, 0.1) is 18.4 Å². The van der Waals surface area contributed by atoms with Crippen molar-refractivity contribution in [2.75, 3.05) is 11.9 Å². The molecule has 2 aromatic rings. The molecule has 1 aliphatic rings. The van der Waals surface area contributed by atoms with Crippen molar-refractivity contribution in [3.63, 3.8) is 0 Å². The highest BCUT2D eigenvalue weighted by Crippen LogP contribution is 2.39. The molecule has 1 N–H and O–H groups in total. The molecule has 0 fully saturated rings. The summed E-state index contributed by atoms with van der Waals surface area (Å²) in [5, 5.41) is 3.36. The van der Waals surface area contributed by atoms with Crippen molar-refractivity contribution in [3.05, 3.63) is 46.2 Å². The SMILES string of the molecule is CCOC(=O)c1c(NC(=O)C=Cc2ccco2)sc2c1CCC2. The number of carbonyl (C=O) groups excluding carboxylic acids is 2. The van der Waals surface area contributed by atoms with Crippen LogP contribution >= 0.6 is 11.3 Å². The first-order valence-corrected chi connectivity index (χ1v) is 8.35. The second kappa shape index (κ2) is 6.83. The summed E-state index contributed by atoms with van der Waals surface area (Å²) in [6.07, 6.45) is 7.36. The van der Waals surface area contributed by atoms with Gasteiger partial charge >= 0.3 is 5.97 Å². The predicted octanol–water partition coefficient (Wildman–Crippen LogP) is 3.66. The molecule has 2 heterocycles. The lowest BCUT2D eigenvalue weighted by Crippen LogP contribution is -2.13. The van der Waals surface area contributed by atoms with Crippen LogP contribution in [0.4, 0.5) is 5.00 Å². The standard InChI is InChI=1S/C17H17NO4S/c1-2-21-17(20)15-12-6-3-7-13(12)23-16(15)18-14(19)9-8-11-5-4-10-22-11/h4-5,8-10H,2-3,6-7H2,1H3,(H,18,19). The van der Waals surface area contributed by atoms with Crippen LogP contribution in [0.5, 0.6) is 0 Å². The second-order valence-corrected chi connectivity index (χ2v) is 6.23. The zero-order chi connectivity index (χ0) is 16.2. The fourth-order valence-corrected chi connectivity index (χ4v) is 3.89. The Bertz CT molecular complexity index is 743. The van der Waals surface area contributed by atoms with Gasteiger partial charge in [-0.25, -0.2) is 4.79 Å². The molecule has 0 saturated heterocycles. The van der Waals surface area contributed by atoms with Gasteiger partial charge in [0.15, 0.2) is 0 Å². The summed E-state index contributed by atoms with van der Waals surface area (Å²) in [6, 6.07) is 3.51. The van der Waals surface area contributed by atoms with E-state index in [1.165, 1.54) is 22.3 Å². The number of rotatable bonds is 5. The van der Waals surface area contributed by atoms with Crippen molar-refractivity contribution in [1.82, 2.24) is 0 Å². The number of esters is 1. The highest BCUT2D eigenvalue weighted by atomic mass is 32.1. The maximum atomic E-state index is 12.2. The molecule has 0 aliphatic heterocycles. The molecule has 0 spiro atoms. The molecule has 3 rings (SSSR count). The molecule has 1 amide bonds. The number of carbonyl (C=O) groups is 2. The van der Waals surface area contributed by atoms with E-state index in [4.69, 9.17) is 9.15 Å². The maximum Gasteiger partial charge on any atom is 0.341 e. The Labute approximate surface area is 137 Å². The number of hydrogen-bond donors (Lipinski definition) is 1. The van der Waals surface area contributed by atoms with Gasteiger partial charge in [0.2, 0.25) is 5.91 Å². The number of anilines is 1. The van der Waals surface area contributed by atoms with Gasteiger partial charge in [0.25, 0.3) is 0 Å². The summed E-state index contributed by atoms with van der Waals surface area (Å²) in [7, 11) is 0. The zero-order valence-corrected chi connectivity index (χ0v) is 13.6. The molecule has 23 heavy (non-hydrogen) atoms. The molecular formula is C17H17NO4S. The van der Waals surface area contributed by atoms with E-state index in [2.05, 4.69) is 5.32 Å². The summed E-state index contributed by atoms with van der Waals surface area (Å²) in [5.41, 5.74) is 1.54. The van der Waals surface area contributed by atoms with Crippen molar-refractivity contribution < 1.29 is 18.7 Å². The molecule has 5 nitrogen and oxygen atoms in total. The summed E-state index contributed by atoms with van der Waals surface area (Å²) in [5.74, 6) is -0.0662. The molecule has 0 radical (unpaired) electrons. The Morgan fingerprint density at radius 3 is 3.04 bits per heavy atom. The molecule has 1 aliphatic carbocycles. The Kier molecular flexibility index (Phi) is 4.62. The van der Waals surface area contributed by atoms with Gasteiger partial charge in [-0.05, 0) is 50.0 Å². The van der Waals surface area contributed by atoms with E-state index in [0.717, 1.165) is 24.8 Å². The predicted molar refractivity (Wildman–Crippen MR) is 88.7 cm³/mol. The molecule has 120 valence electrons. The third kappa shape index (κ3) is 3.37. The summed E-state index contributed by atoms with van der Waals surface area (Å²) in [4.78, 5) is 25.5. The largest absolute Gasteiger partial charge is 0.465 e. The number of nitrogens with one attached hydrogen (secondary N) is 1. The van der Waals surface area contributed by atoms with Crippen LogP contribution in [0.2, 0.25) is 0 Å². The molecule has 0 atom stereocenters. The molecule has 0 saturated carbocycles. The number of furan rings is 1. The van der Waals surface area contributed by atoms with Crippen LogP contribution in [0.1, 0.15) is 39.9 Å². The van der Waals surface area contributed by atoms with Crippen LogP contribution in [-0.4, -0.2) is 18.5 Å². The number of amides is 1. The zero-order valence-electron chi connectivity index (χ0n) is 12.8. The van der Waals surface area contributed by atoms with Gasteiger partial charge < -0.3 is 14.5 Å². The third-order valence-corrected chi connectivity index (χ3v) is 4.79. The molecule has 6 heteroatoms. The summed E-state index contributed by atoms with van der Waals surface area (Å²) >= 11 is 1.46. The van der Waals surface area contributed by atoms with Crippen LogP contribution < -0.4 is 5.32 Å². The van der Waals surface area contributed by atoms with Gasteiger partial charge in [0, 0.05) is 11.0 Å². The Hall–Kier alpha value is -2.34. The van der Waals surface area contributed by atoms with Gasteiger partial charge in [-0.2, -0.15) is 0 Å². The number of hydrogen-bond acceptors (Lipinski definition) is 5. The van der Waals surface area contributed by atoms with Gasteiger partial charge in [-0.3, -0.25) is 4.79 Å². The summed E-state index contributed by atoms with van der Waals surface area (Å²) < 4.78 is 10.3. The van der Waals surface area contributed by atoms with Crippen LogP contribution in [-0.2, 0) is 22.4 Å². The first-order valence-electron chi connectivity index (χ1n) is 7.53. The van der Waals surface area contributed by atoms with E-state index in [-0.39, 0.29) is 11.9 Å². The molecule has 0 bridgehead atoms. The van der Waals surface area contributed by atoms with E-state index < -0.39 is 0 Å². The Balaban J connectivity index is 1.79. The van der Waals surface area contributed by atoms with Gasteiger partial charge in [0.1, 0.15) is 10.8 Å². The topological polar surface area (TPSA) is 68.5 Å². The van der Waals surface area contributed by atoms with E-state index in [9.17, 15) is 9.59 Å². The average Bonchev–Trinajstić information content (AvgIpc) is 3.22. The normalized spacial score (nSPS) is 13.3. The highest BCUT2D eigenvalue weighted by molar-refractivity contribution is 7.17. The average molecular weight is 331 g/mol. The van der Waals surface area contributed by atoms with E-state index in [1.807, 2.05) is 0 Å². The number of ether oxygens (including phenoxy) is 1. The van der Waals surface area contributed by atoms with Crippen LogP contribution in [0, 0.1) is 0 Å². The first kappa shape index (κ1) is 15.6. The number of aryl methyl sites for hydroxylation is 1. The fraction of sp³-hybridized carbons (Fsp3) is 0.294. The van der Waals surface area contributed by atoms with Gasteiger partial charge in [-0.15, -0.1) is 11.3 Å². The van der Waals surface area contributed by atoms with E-state index >= 15 is 0 Å². The monoisotopic (exact) mass is 331 g/mol. The van der Waals surface area contributed by atoms with Crippen LogP contribution in [0.25, 0.3) is 6.08 Å².